The van der Waals surface area contributed by atoms with Crippen LogP contribution in [0.5, 0.6) is 0 Å². The molecule has 1 N–H and O–H groups in total. The molecule has 0 amide bonds. The van der Waals surface area contributed by atoms with Crippen molar-refractivity contribution in [3.8, 4) is 0 Å². The first-order chi connectivity index (χ1) is 37.1. The SMILES string of the molecule is CC/C=C\C/C=C\C/C=C\C/C=C\C/C=C\CCCCCCCC(=O)OC(CO)COC(=O)CCCCCCCCCCCCCCCCCCCCCCCCCCCCCCCCCCCCCCCCCC. The Kier molecular flexibility index (Phi) is 63.8. The number of carbonyl (C=O) groups is 2. The molecule has 0 saturated heterocycles. The molecule has 0 aliphatic rings. The van der Waals surface area contributed by atoms with Crippen LogP contribution in [0.1, 0.15) is 354 Å². The number of rotatable bonds is 62. The molecule has 0 spiro atoms. The van der Waals surface area contributed by atoms with Crippen molar-refractivity contribution >= 4 is 11.9 Å². The maximum absolute atomic E-state index is 12.3. The van der Waals surface area contributed by atoms with Crippen molar-refractivity contribution in [3.63, 3.8) is 0 Å². The van der Waals surface area contributed by atoms with E-state index >= 15 is 0 Å². The van der Waals surface area contributed by atoms with Gasteiger partial charge in [0.2, 0.25) is 0 Å². The van der Waals surface area contributed by atoms with Crippen LogP contribution in [0.3, 0.4) is 0 Å². The normalized spacial score (nSPS) is 12.5. The molecule has 1 unspecified atom stereocenters. The number of hydrogen-bond donors (Lipinski definition) is 1. The van der Waals surface area contributed by atoms with Crippen molar-refractivity contribution < 1.29 is 24.2 Å². The fourth-order valence-electron chi connectivity index (χ4n) is 10.1. The molecule has 0 aromatic carbocycles. The Balaban J connectivity index is 3.39. The van der Waals surface area contributed by atoms with Crippen LogP contribution in [-0.2, 0) is 19.1 Å². The lowest BCUT2D eigenvalue weighted by Gasteiger charge is -2.15. The summed E-state index contributed by atoms with van der Waals surface area (Å²) in [6.07, 6.45) is 89.8. The lowest BCUT2D eigenvalue weighted by Crippen LogP contribution is -2.28. The molecule has 1 atom stereocenters. The molecular weight excluding hydrogens is 921 g/mol. The van der Waals surface area contributed by atoms with Gasteiger partial charge in [-0.05, 0) is 57.8 Å². The summed E-state index contributed by atoms with van der Waals surface area (Å²) in [6, 6.07) is 0. The molecule has 0 aliphatic heterocycles. The maximum atomic E-state index is 12.3. The second-order valence-corrected chi connectivity index (χ2v) is 22.5. The van der Waals surface area contributed by atoms with Crippen molar-refractivity contribution in [3.05, 3.63) is 60.8 Å². The second kappa shape index (κ2) is 65.9. The topological polar surface area (TPSA) is 72.8 Å². The quantitative estimate of drug-likeness (QED) is 0.0373. The summed E-state index contributed by atoms with van der Waals surface area (Å²) < 4.78 is 10.7. The third-order valence-electron chi connectivity index (χ3n) is 15.1. The van der Waals surface area contributed by atoms with Gasteiger partial charge in [-0.1, -0.05) is 344 Å². The molecule has 438 valence electrons. The Morgan fingerprint density at radius 2 is 0.573 bits per heavy atom. The van der Waals surface area contributed by atoms with Crippen molar-refractivity contribution in [2.75, 3.05) is 13.2 Å². The number of allylic oxidation sites excluding steroid dienone is 10. The van der Waals surface area contributed by atoms with E-state index in [0.717, 1.165) is 89.9 Å². The molecule has 5 nitrogen and oxygen atoms in total. The van der Waals surface area contributed by atoms with E-state index in [9.17, 15) is 14.7 Å². The van der Waals surface area contributed by atoms with Crippen LogP contribution < -0.4 is 0 Å². The molecule has 0 rings (SSSR count). The van der Waals surface area contributed by atoms with E-state index in [0.29, 0.717) is 12.8 Å². The zero-order valence-corrected chi connectivity index (χ0v) is 50.3. The van der Waals surface area contributed by atoms with Crippen LogP contribution in [0.2, 0.25) is 0 Å². The Morgan fingerprint density at radius 1 is 0.320 bits per heavy atom. The van der Waals surface area contributed by atoms with E-state index in [2.05, 4.69) is 74.6 Å². The zero-order valence-electron chi connectivity index (χ0n) is 50.3. The third-order valence-corrected chi connectivity index (χ3v) is 15.1. The molecule has 0 saturated carbocycles. The van der Waals surface area contributed by atoms with Crippen molar-refractivity contribution in [1.82, 2.24) is 0 Å². The van der Waals surface area contributed by atoms with Gasteiger partial charge in [-0.15, -0.1) is 0 Å². The molecule has 0 heterocycles. The first kappa shape index (κ1) is 72.6. The van der Waals surface area contributed by atoms with E-state index in [-0.39, 0.29) is 25.2 Å². The van der Waals surface area contributed by atoms with Crippen LogP contribution >= 0.6 is 0 Å². The number of aliphatic hydroxyl groups excluding tert-OH is 1. The molecule has 0 aliphatic carbocycles. The van der Waals surface area contributed by atoms with Gasteiger partial charge in [-0.3, -0.25) is 9.59 Å². The molecule has 0 aromatic rings. The predicted molar refractivity (Wildman–Crippen MR) is 330 cm³/mol. The average Bonchev–Trinajstić information content (AvgIpc) is 3.41. The minimum absolute atomic E-state index is 0.0728. The van der Waals surface area contributed by atoms with Gasteiger partial charge in [0.1, 0.15) is 6.61 Å². The Hall–Kier alpha value is -2.40. The second-order valence-electron chi connectivity index (χ2n) is 22.5. The van der Waals surface area contributed by atoms with Crippen LogP contribution in [0.15, 0.2) is 60.8 Å². The van der Waals surface area contributed by atoms with Gasteiger partial charge in [-0.25, -0.2) is 0 Å². The standard InChI is InChI=1S/C70H128O5/c1-3-5-7-9-11-13-15-17-19-21-23-25-26-27-28-29-30-31-32-33-34-35-36-37-38-39-40-41-42-43-45-46-48-50-52-54-56-58-60-62-64-69(72)74-67-68(66-71)75-70(73)65-63-61-59-57-55-53-51-49-47-44-24-22-20-18-16-14-12-10-8-6-4-2/h6,8,12,14,18,20,24,44,49,51,68,71H,3-5,7,9-11,13,15-17,19,21-23,25-43,45-48,50,52-67H2,1-2H3/b8-6-,14-12-,20-18-,44-24-,51-49-. The van der Waals surface area contributed by atoms with Crippen molar-refractivity contribution in [2.45, 2.75) is 360 Å². The van der Waals surface area contributed by atoms with E-state index < -0.39 is 6.10 Å². The molecule has 75 heavy (non-hydrogen) atoms. The Bertz CT molecular complexity index is 1280. The Morgan fingerprint density at radius 3 is 0.867 bits per heavy atom. The molecule has 0 radical (unpaired) electrons. The fraction of sp³-hybridized carbons (Fsp3) is 0.829. The summed E-state index contributed by atoms with van der Waals surface area (Å²) in [4.78, 5) is 24.6. The highest BCUT2D eigenvalue weighted by atomic mass is 16.6. The maximum Gasteiger partial charge on any atom is 0.306 e. The molecule has 0 fully saturated rings. The highest BCUT2D eigenvalue weighted by molar-refractivity contribution is 5.70. The van der Waals surface area contributed by atoms with Gasteiger partial charge >= 0.3 is 11.9 Å². The summed E-state index contributed by atoms with van der Waals surface area (Å²) in [5.74, 6) is -0.600. The van der Waals surface area contributed by atoms with E-state index in [1.807, 2.05) is 0 Å². The zero-order chi connectivity index (χ0) is 54.1. The lowest BCUT2D eigenvalue weighted by atomic mass is 10.0. The van der Waals surface area contributed by atoms with Crippen LogP contribution in [0.4, 0.5) is 0 Å². The van der Waals surface area contributed by atoms with E-state index in [1.54, 1.807) is 0 Å². The van der Waals surface area contributed by atoms with Crippen LogP contribution in [0.25, 0.3) is 0 Å². The number of carbonyl (C=O) groups excluding carboxylic acids is 2. The van der Waals surface area contributed by atoms with Gasteiger partial charge in [0.15, 0.2) is 6.10 Å². The van der Waals surface area contributed by atoms with Gasteiger partial charge in [-0.2, -0.15) is 0 Å². The van der Waals surface area contributed by atoms with Gasteiger partial charge in [0.05, 0.1) is 6.61 Å². The monoisotopic (exact) mass is 1050 g/mol. The summed E-state index contributed by atoms with van der Waals surface area (Å²) in [5.41, 5.74) is 0. The fourth-order valence-corrected chi connectivity index (χ4v) is 10.1. The number of aliphatic hydroxyl groups is 1. The van der Waals surface area contributed by atoms with E-state index in [1.165, 1.54) is 238 Å². The third kappa shape index (κ3) is 64.0. The van der Waals surface area contributed by atoms with Gasteiger partial charge in [0.25, 0.3) is 0 Å². The van der Waals surface area contributed by atoms with Crippen molar-refractivity contribution in [1.29, 1.82) is 0 Å². The predicted octanol–water partition coefficient (Wildman–Crippen LogP) is 22.9. The Labute approximate surface area is 468 Å². The first-order valence-electron chi connectivity index (χ1n) is 33.3. The minimum Gasteiger partial charge on any atom is -0.462 e. The summed E-state index contributed by atoms with van der Waals surface area (Å²) in [7, 11) is 0. The van der Waals surface area contributed by atoms with Gasteiger partial charge in [0, 0.05) is 12.8 Å². The minimum atomic E-state index is -0.785. The number of esters is 2. The summed E-state index contributed by atoms with van der Waals surface area (Å²) in [6.45, 7) is 4.05. The van der Waals surface area contributed by atoms with Gasteiger partial charge < -0.3 is 14.6 Å². The van der Waals surface area contributed by atoms with Crippen molar-refractivity contribution in [2.24, 2.45) is 0 Å². The molecule has 0 bridgehead atoms. The lowest BCUT2D eigenvalue weighted by molar-refractivity contribution is -0.161. The average molecular weight is 1050 g/mol. The number of unbranched alkanes of at least 4 members (excludes halogenated alkanes) is 44. The summed E-state index contributed by atoms with van der Waals surface area (Å²) >= 11 is 0. The number of ether oxygens (including phenoxy) is 2. The largest absolute Gasteiger partial charge is 0.462 e. The first-order valence-corrected chi connectivity index (χ1v) is 33.3. The highest BCUT2D eigenvalue weighted by Gasteiger charge is 2.16. The molecular formula is C70H128O5. The van der Waals surface area contributed by atoms with Crippen LogP contribution in [-0.4, -0.2) is 36.4 Å². The van der Waals surface area contributed by atoms with E-state index in [4.69, 9.17) is 9.47 Å². The smallest absolute Gasteiger partial charge is 0.306 e. The molecule has 0 aromatic heterocycles. The summed E-state index contributed by atoms with van der Waals surface area (Å²) in [5, 5.41) is 9.67. The van der Waals surface area contributed by atoms with Crippen LogP contribution in [0, 0.1) is 0 Å². The number of hydrogen-bond acceptors (Lipinski definition) is 5. The molecule has 5 heteroatoms. The highest BCUT2D eigenvalue weighted by Crippen LogP contribution is 2.19.